The van der Waals surface area contributed by atoms with Crippen LogP contribution in [0.2, 0.25) is 0 Å². The Labute approximate surface area is 122 Å². The lowest BCUT2D eigenvalue weighted by Crippen LogP contribution is -2.00. The van der Waals surface area contributed by atoms with E-state index in [0.717, 1.165) is 44.6 Å². The first-order chi connectivity index (χ1) is 10.2. The Balaban J connectivity index is 2.20. The summed E-state index contributed by atoms with van der Waals surface area (Å²) in [4.78, 5) is 17.2. The summed E-state index contributed by atoms with van der Waals surface area (Å²) in [6, 6.07) is 13.5. The molecule has 4 rings (SSSR count). The number of pyridine rings is 1. The lowest BCUT2D eigenvalue weighted by Gasteiger charge is -2.09. The summed E-state index contributed by atoms with van der Waals surface area (Å²) in [5, 5.41) is 0.966. The predicted molar refractivity (Wildman–Crippen MR) is 81.9 cm³/mol. The molecule has 0 saturated heterocycles. The van der Waals surface area contributed by atoms with Crippen LogP contribution in [0, 0.1) is 6.92 Å². The van der Waals surface area contributed by atoms with Gasteiger partial charge in [0.05, 0.1) is 18.2 Å². The Morgan fingerprint density at radius 3 is 2.52 bits per heavy atom. The van der Waals surface area contributed by atoms with Crippen molar-refractivity contribution in [3.63, 3.8) is 0 Å². The number of ether oxygens (including phenoxy) is 1. The van der Waals surface area contributed by atoms with E-state index in [1.807, 2.05) is 49.4 Å². The van der Waals surface area contributed by atoms with Crippen molar-refractivity contribution < 1.29 is 9.53 Å². The van der Waals surface area contributed by atoms with Crippen LogP contribution in [0.3, 0.4) is 0 Å². The van der Waals surface area contributed by atoms with Gasteiger partial charge in [0.15, 0.2) is 5.78 Å². The normalized spacial score (nSPS) is 12.4. The van der Waals surface area contributed by atoms with E-state index in [2.05, 4.69) is 4.98 Å². The highest BCUT2D eigenvalue weighted by molar-refractivity contribution is 6.26. The molecule has 21 heavy (non-hydrogen) atoms. The smallest absolute Gasteiger partial charge is 0.196 e. The monoisotopic (exact) mass is 275 g/mol. The summed E-state index contributed by atoms with van der Waals surface area (Å²) in [5.74, 6) is 0.836. The average molecular weight is 275 g/mol. The molecule has 0 radical (unpaired) electrons. The van der Waals surface area contributed by atoms with Crippen LogP contribution in [0.25, 0.3) is 22.0 Å². The summed E-state index contributed by atoms with van der Waals surface area (Å²) in [6.45, 7) is 1.90. The summed E-state index contributed by atoms with van der Waals surface area (Å²) >= 11 is 0. The number of ketones is 1. The minimum Gasteiger partial charge on any atom is -0.497 e. The summed E-state index contributed by atoms with van der Waals surface area (Å²) < 4.78 is 5.31. The summed E-state index contributed by atoms with van der Waals surface area (Å²) in [5.41, 5.74) is 5.11. The van der Waals surface area contributed by atoms with Crippen LogP contribution in [-0.2, 0) is 0 Å². The molecule has 1 aromatic heterocycles. The molecule has 0 N–H and O–H groups in total. The van der Waals surface area contributed by atoms with Gasteiger partial charge < -0.3 is 4.74 Å². The van der Waals surface area contributed by atoms with Crippen LogP contribution in [0.5, 0.6) is 5.75 Å². The van der Waals surface area contributed by atoms with E-state index in [1.165, 1.54) is 0 Å². The molecule has 1 aliphatic carbocycles. The van der Waals surface area contributed by atoms with Crippen molar-refractivity contribution in [2.75, 3.05) is 7.11 Å². The molecule has 0 fully saturated rings. The maximum absolute atomic E-state index is 12.6. The second-order valence-corrected chi connectivity index (χ2v) is 5.21. The van der Waals surface area contributed by atoms with E-state index in [0.29, 0.717) is 0 Å². The van der Waals surface area contributed by atoms with Gasteiger partial charge in [-0.05, 0) is 30.7 Å². The molecule has 1 aliphatic rings. The van der Waals surface area contributed by atoms with Crippen molar-refractivity contribution in [3.05, 3.63) is 59.3 Å². The van der Waals surface area contributed by atoms with Gasteiger partial charge in [-0.2, -0.15) is 0 Å². The molecule has 0 spiro atoms. The highest BCUT2D eigenvalue weighted by Gasteiger charge is 2.30. The van der Waals surface area contributed by atoms with Crippen molar-refractivity contribution in [1.82, 2.24) is 4.98 Å². The Hall–Kier alpha value is -2.68. The molecule has 3 nitrogen and oxygen atoms in total. The number of benzene rings is 2. The first-order valence-electron chi connectivity index (χ1n) is 6.83. The van der Waals surface area contributed by atoms with Crippen LogP contribution >= 0.6 is 0 Å². The van der Waals surface area contributed by atoms with E-state index >= 15 is 0 Å². The van der Waals surface area contributed by atoms with E-state index in [-0.39, 0.29) is 5.78 Å². The van der Waals surface area contributed by atoms with Crippen LogP contribution in [-0.4, -0.2) is 17.9 Å². The first kappa shape index (κ1) is 12.1. The molecule has 0 unspecified atom stereocenters. The number of aryl methyl sites for hydroxylation is 1. The highest BCUT2D eigenvalue weighted by atomic mass is 16.5. The lowest BCUT2D eigenvalue weighted by atomic mass is 9.99. The molecular weight excluding hydrogens is 262 g/mol. The van der Waals surface area contributed by atoms with E-state index in [1.54, 1.807) is 7.11 Å². The predicted octanol–water partition coefficient (Wildman–Crippen LogP) is 3.76. The Kier molecular flexibility index (Phi) is 2.39. The number of aromatic nitrogens is 1. The van der Waals surface area contributed by atoms with Crippen molar-refractivity contribution in [3.8, 4) is 16.9 Å². The van der Waals surface area contributed by atoms with Gasteiger partial charge in [-0.1, -0.05) is 24.3 Å². The zero-order valence-electron chi connectivity index (χ0n) is 11.8. The maximum Gasteiger partial charge on any atom is 0.196 e. The number of rotatable bonds is 1. The maximum atomic E-state index is 12.6. The van der Waals surface area contributed by atoms with Crippen molar-refractivity contribution in [2.45, 2.75) is 6.92 Å². The molecule has 3 heteroatoms. The second-order valence-electron chi connectivity index (χ2n) is 5.21. The minimum absolute atomic E-state index is 0.0651. The van der Waals surface area contributed by atoms with Gasteiger partial charge in [0, 0.05) is 22.2 Å². The molecule has 0 amide bonds. The average Bonchev–Trinajstić information content (AvgIpc) is 2.82. The first-order valence-corrected chi connectivity index (χ1v) is 6.83. The van der Waals surface area contributed by atoms with Gasteiger partial charge in [0.2, 0.25) is 0 Å². The SMILES string of the molecule is COc1ccc2nc(C)c3c(c2c1)-c1ccccc1C3=O. The molecule has 0 atom stereocenters. The summed E-state index contributed by atoms with van der Waals surface area (Å²) in [7, 11) is 1.64. The third kappa shape index (κ3) is 1.54. The molecule has 0 bridgehead atoms. The number of hydrogen-bond acceptors (Lipinski definition) is 3. The molecule has 0 aliphatic heterocycles. The van der Waals surface area contributed by atoms with Crippen molar-refractivity contribution >= 4 is 16.7 Å². The Morgan fingerprint density at radius 1 is 1.00 bits per heavy atom. The minimum atomic E-state index is 0.0651. The fraction of sp³-hybridized carbons (Fsp3) is 0.111. The van der Waals surface area contributed by atoms with Crippen LogP contribution < -0.4 is 4.74 Å². The largest absolute Gasteiger partial charge is 0.497 e. The fourth-order valence-electron chi connectivity index (χ4n) is 3.08. The van der Waals surface area contributed by atoms with Crippen LogP contribution in [0.1, 0.15) is 21.6 Å². The number of carbonyl (C=O) groups is 1. The fourth-order valence-corrected chi connectivity index (χ4v) is 3.08. The standard InChI is InChI=1S/C18H13NO2/c1-10-16-17(12-5-3-4-6-13(12)18(16)20)14-9-11(21-2)7-8-15(14)19-10/h3-9H,1-2H3. The van der Waals surface area contributed by atoms with Crippen LogP contribution in [0.15, 0.2) is 42.5 Å². The van der Waals surface area contributed by atoms with Gasteiger partial charge in [-0.25, -0.2) is 0 Å². The van der Waals surface area contributed by atoms with Gasteiger partial charge in [0.1, 0.15) is 5.75 Å². The molecular formula is C18H13NO2. The molecule has 102 valence electrons. The van der Waals surface area contributed by atoms with E-state index in [9.17, 15) is 4.79 Å². The number of methoxy groups -OCH3 is 1. The topological polar surface area (TPSA) is 39.2 Å². The third-order valence-corrected chi connectivity index (χ3v) is 4.04. The van der Waals surface area contributed by atoms with Crippen LogP contribution in [0.4, 0.5) is 0 Å². The number of fused-ring (bicyclic) bond motifs is 5. The Bertz CT molecular complexity index is 912. The van der Waals surface area contributed by atoms with Gasteiger partial charge in [-0.3, -0.25) is 9.78 Å². The number of carbonyl (C=O) groups excluding carboxylic acids is 1. The number of hydrogen-bond donors (Lipinski definition) is 0. The molecule has 0 saturated carbocycles. The molecule has 3 aromatic rings. The molecule has 1 heterocycles. The lowest BCUT2D eigenvalue weighted by molar-refractivity contribution is 0.104. The van der Waals surface area contributed by atoms with Gasteiger partial charge >= 0.3 is 0 Å². The quantitative estimate of drug-likeness (QED) is 0.531. The van der Waals surface area contributed by atoms with E-state index in [4.69, 9.17) is 4.74 Å². The van der Waals surface area contributed by atoms with Gasteiger partial charge in [0.25, 0.3) is 0 Å². The van der Waals surface area contributed by atoms with Gasteiger partial charge in [-0.15, -0.1) is 0 Å². The van der Waals surface area contributed by atoms with E-state index < -0.39 is 0 Å². The second kappa shape index (κ2) is 4.16. The zero-order chi connectivity index (χ0) is 14.6. The number of nitrogens with zero attached hydrogens (tertiary/aromatic N) is 1. The Morgan fingerprint density at radius 2 is 1.76 bits per heavy atom. The molecule has 2 aromatic carbocycles. The highest BCUT2D eigenvalue weighted by Crippen LogP contribution is 2.42. The van der Waals surface area contributed by atoms with Crippen molar-refractivity contribution in [1.29, 1.82) is 0 Å². The zero-order valence-corrected chi connectivity index (χ0v) is 11.8. The van der Waals surface area contributed by atoms with Crippen molar-refractivity contribution in [2.24, 2.45) is 0 Å². The summed E-state index contributed by atoms with van der Waals surface area (Å²) in [6.07, 6.45) is 0. The third-order valence-electron chi connectivity index (χ3n) is 4.04.